The Morgan fingerprint density at radius 1 is 1.00 bits per heavy atom. The van der Waals surface area contributed by atoms with Crippen molar-refractivity contribution < 1.29 is 31.4 Å². The largest absolute Gasteiger partial charge is 0.494 e. The smallest absolute Gasteiger partial charge is 0.198 e. The zero-order chi connectivity index (χ0) is 15.6. The lowest BCUT2D eigenvalue weighted by atomic mass is 10.2. The van der Waals surface area contributed by atoms with E-state index in [1.165, 1.54) is 19.2 Å². The number of rotatable bonds is 4. The molecule has 0 heterocycles. The van der Waals surface area contributed by atoms with E-state index in [2.05, 4.69) is 4.74 Å². The van der Waals surface area contributed by atoms with Gasteiger partial charge in [-0.3, -0.25) is 0 Å². The molecule has 21 heavy (non-hydrogen) atoms. The van der Waals surface area contributed by atoms with Gasteiger partial charge in [0.1, 0.15) is 12.4 Å². The van der Waals surface area contributed by atoms with Crippen molar-refractivity contribution in [3.63, 3.8) is 0 Å². The van der Waals surface area contributed by atoms with Gasteiger partial charge in [-0.15, -0.1) is 0 Å². The summed E-state index contributed by atoms with van der Waals surface area (Å²) in [6, 6.07) is 5.22. The molecule has 0 aliphatic rings. The molecular formula is C14H8F5O2. The van der Waals surface area contributed by atoms with Gasteiger partial charge in [-0.25, -0.2) is 22.0 Å². The van der Waals surface area contributed by atoms with Gasteiger partial charge in [-0.2, -0.15) is 0 Å². The fourth-order valence-electron chi connectivity index (χ4n) is 1.56. The van der Waals surface area contributed by atoms with E-state index in [1.54, 1.807) is 6.07 Å². The summed E-state index contributed by atoms with van der Waals surface area (Å²) in [6.45, 7) is -0.647. The lowest BCUT2D eigenvalue weighted by Gasteiger charge is -2.09. The van der Waals surface area contributed by atoms with Crippen molar-refractivity contribution in [3.05, 3.63) is 58.9 Å². The van der Waals surface area contributed by atoms with Crippen LogP contribution in [-0.4, -0.2) is 7.11 Å². The summed E-state index contributed by atoms with van der Waals surface area (Å²) in [5, 5.41) is 0. The summed E-state index contributed by atoms with van der Waals surface area (Å²) in [7, 11) is 1.27. The molecule has 111 valence electrons. The monoisotopic (exact) mass is 303 g/mol. The van der Waals surface area contributed by atoms with Gasteiger partial charge < -0.3 is 9.47 Å². The van der Waals surface area contributed by atoms with E-state index in [0.717, 1.165) is 6.07 Å². The van der Waals surface area contributed by atoms with Gasteiger partial charge >= 0.3 is 0 Å². The fourth-order valence-corrected chi connectivity index (χ4v) is 1.56. The van der Waals surface area contributed by atoms with Crippen molar-refractivity contribution >= 4 is 0 Å². The van der Waals surface area contributed by atoms with E-state index >= 15 is 0 Å². The van der Waals surface area contributed by atoms with Crippen LogP contribution in [0.5, 0.6) is 11.5 Å². The highest BCUT2D eigenvalue weighted by Crippen LogP contribution is 2.24. The van der Waals surface area contributed by atoms with Crippen LogP contribution in [0, 0.1) is 35.2 Å². The molecule has 0 saturated heterocycles. The first kappa shape index (κ1) is 15.1. The van der Waals surface area contributed by atoms with E-state index in [1.807, 2.05) is 0 Å². The first-order valence-electron chi connectivity index (χ1n) is 5.64. The van der Waals surface area contributed by atoms with Gasteiger partial charge in [0.2, 0.25) is 0 Å². The Kier molecular flexibility index (Phi) is 4.30. The molecule has 0 fully saturated rings. The molecule has 0 saturated carbocycles. The lowest BCUT2D eigenvalue weighted by Crippen LogP contribution is -2.05. The molecule has 0 bridgehead atoms. The van der Waals surface area contributed by atoms with Crippen molar-refractivity contribution in [1.29, 1.82) is 0 Å². The molecule has 2 aromatic carbocycles. The second-order valence-corrected chi connectivity index (χ2v) is 3.94. The molecule has 1 radical (unpaired) electrons. The first-order valence-corrected chi connectivity index (χ1v) is 5.64. The molecule has 2 rings (SSSR count). The van der Waals surface area contributed by atoms with Crippen LogP contribution in [0.2, 0.25) is 0 Å². The third-order valence-electron chi connectivity index (χ3n) is 2.61. The number of methoxy groups -OCH3 is 1. The number of ether oxygens (including phenoxy) is 2. The third-order valence-corrected chi connectivity index (χ3v) is 2.61. The van der Waals surface area contributed by atoms with Crippen LogP contribution in [0.1, 0.15) is 5.56 Å². The van der Waals surface area contributed by atoms with E-state index in [-0.39, 0.29) is 11.5 Å². The maximum absolute atomic E-state index is 13.4. The number of halogens is 5. The highest BCUT2D eigenvalue weighted by Gasteiger charge is 2.19. The summed E-state index contributed by atoms with van der Waals surface area (Å²) in [6.07, 6.45) is 0. The molecule has 0 aliphatic heterocycles. The first-order chi connectivity index (χ1) is 9.93. The molecule has 2 aromatic rings. The Balaban J connectivity index is 2.19. The van der Waals surface area contributed by atoms with E-state index in [0.29, 0.717) is 0 Å². The molecule has 7 heteroatoms. The minimum absolute atomic E-state index is 0.0220. The maximum Gasteiger partial charge on any atom is 0.198 e. The summed E-state index contributed by atoms with van der Waals surface area (Å²) >= 11 is 0. The van der Waals surface area contributed by atoms with E-state index < -0.39 is 41.3 Å². The fraction of sp³-hybridized carbons (Fsp3) is 0.143. The highest BCUT2D eigenvalue weighted by atomic mass is 19.2. The number of benzene rings is 2. The average molecular weight is 303 g/mol. The van der Waals surface area contributed by atoms with Crippen molar-refractivity contribution in [2.45, 2.75) is 6.61 Å². The van der Waals surface area contributed by atoms with Crippen molar-refractivity contribution in [1.82, 2.24) is 0 Å². The molecule has 0 aromatic heterocycles. The Morgan fingerprint density at radius 2 is 1.71 bits per heavy atom. The summed E-state index contributed by atoms with van der Waals surface area (Å²) in [5.74, 6) is -7.95. The predicted molar refractivity (Wildman–Crippen MR) is 62.4 cm³/mol. The Bertz CT molecular complexity index is 673. The number of hydrogen-bond donors (Lipinski definition) is 0. The van der Waals surface area contributed by atoms with Crippen molar-refractivity contribution in [3.8, 4) is 11.5 Å². The lowest BCUT2D eigenvalue weighted by molar-refractivity contribution is 0.289. The Labute approximate surface area is 116 Å². The van der Waals surface area contributed by atoms with Crippen LogP contribution in [0.4, 0.5) is 22.0 Å². The second-order valence-electron chi connectivity index (χ2n) is 3.94. The van der Waals surface area contributed by atoms with Gasteiger partial charge in [-0.1, -0.05) is 0 Å². The van der Waals surface area contributed by atoms with Crippen LogP contribution < -0.4 is 9.47 Å². The Hall–Kier alpha value is -2.31. The molecule has 0 spiro atoms. The minimum atomic E-state index is -1.95. The normalized spacial score (nSPS) is 10.6. The molecule has 0 atom stereocenters. The van der Waals surface area contributed by atoms with Gasteiger partial charge in [0.25, 0.3) is 0 Å². The maximum atomic E-state index is 13.4. The minimum Gasteiger partial charge on any atom is -0.494 e. The number of hydrogen-bond acceptors (Lipinski definition) is 2. The highest BCUT2D eigenvalue weighted by molar-refractivity contribution is 5.33. The molecular weight excluding hydrogens is 295 g/mol. The quantitative estimate of drug-likeness (QED) is 0.486. The van der Waals surface area contributed by atoms with Gasteiger partial charge in [-0.05, 0) is 12.1 Å². The van der Waals surface area contributed by atoms with Crippen LogP contribution in [-0.2, 0) is 6.61 Å². The molecule has 0 unspecified atom stereocenters. The van der Waals surface area contributed by atoms with E-state index in [9.17, 15) is 22.0 Å². The summed E-state index contributed by atoms with van der Waals surface area (Å²) < 4.78 is 75.1. The van der Waals surface area contributed by atoms with E-state index in [4.69, 9.17) is 4.74 Å². The molecule has 0 N–H and O–H groups in total. The standard InChI is InChI=1S/C14H8F5O2/c1-20-11-3-2-8(5-9(11)15)21-6-7-4-10(16)13(18)14(19)12(7)17/h2-3,5H,6H2,1H3. The predicted octanol–water partition coefficient (Wildman–Crippen LogP) is 3.77. The third kappa shape index (κ3) is 3.07. The molecule has 0 aliphatic carbocycles. The van der Waals surface area contributed by atoms with Crippen LogP contribution in [0.3, 0.4) is 0 Å². The van der Waals surface area contributed by atoms with Crippen LogP contribution in [0.25, 0.3) is 0 Å². The molecule has 2 nitrogen and oxygen atoms in total. The van der Waals surface area contributed by atoms with Crippen molar-refractivity contribution in [2.24, 2.45) is 0 Å². The van der Waals surface area contributed by atoms with Gasteiger partial charge in [0.05, 0.1) is 7.11 Å². The van der Waals surface area contributed by atoms with Gasteiger partial charge in [0.15, 0.2) is 34.8 Å². The van der Waals surface area contributed by atoms with Gasteiger partial charge in [0, 0.05) is 17.7 Å². The van der Waals surface area contributed by atoms with Crippen molar-refractivity contribution in [2.75, 3.05) is 7.11 Å². The zero-order valence-corrected chi connectivity index (χ0v) is 10.6. The SMILES string of the molecule is COc1ccc(OCc2[c]c(F)c(F)c(F)c2F)cc1F. The van der Waals surface area contributed by atoms with Crippen LogP contribution in [0.15, 0.2) is 18.2 Å². The summed E-state index contributed by atoms with van der Waals surface area (Å²) in [4.78, 5) is 0. The average Bonchev–Trinajstić information content (AvgIpc) is 2.47. The topological polar surface area (TPSA) is 18.5 Å². The molecule has 0 amide bonds. The summed E-state index contributed by atoms with van der Waals surface area (Å²) in [5.41, 5.74) is -0.650. The zero-order valence-electron chi connectivity index (χ0n) is 10.6. The van der Waals surface area contributed by atoms with Crippen LogP contribution >= 0.6 is 0 Å². The second kappa shape index (κ2) is 5.99. The Morgan fingerprint density at radius 3 is 2.33 bits per heavy atom.